The van der Waals surface area contributed by atoms with E-state index in [1.54, 1.807) is 6.20 Å². The molecule has 2 aromatic heterocycles. The second kappa shape index (κ2) is 9.63. The minimum Gasteiger partial charge on any atom is -0.343 e. The average Bonchev–Trinajstić information content (AvgIpc) is 3.27. The Labute approximate surface area is 188 Å². The number of hydrogen-bond donors (Lipinski definition) is 3. The number of nitrogens with zero attached hydrogens (tertiary/aromatic N) is 2. The van der Waals surface area contributed by atoms with Crippen LogP contribution in [0.4, 0.5) is 0 Å². The second-order valence-corrected chi connectivity index (χ2v) is 9.04. The maximum Gasteiger partial charge on any atom is 0.222 e. The van der Waals surface area contributed by atoms with Crippen molar-refractivity contribution in [2.24, 2.45) is 17.1 Å². The quantitative estimate of drug-likeness (QED) is 0.447. The Balaban J connectivity index is 1.34. The molecule has 3 unspecified atom stereocenters. The van der Waals surface area contributed by atoms with Gasteiger partial charge in [-0.2, -0.15) is 5.10 Å². The van der Waals surface area contributed by atoms with E-state index in [0.29, 0.717) is 18.8 Å². The van der Waals surface area contributed by atoms with Gasteiger partial charge in [-0.1, -0.05) is 44.2 Å². The van der Waals surface area contributed by atoms with Crippen LogP contribution in [0.1, 0.15) is 43.9 Å². The summed E-state index contributed by atoms with van der Waals surface area (Å²) in [6.45, 7) is 4.51. The van der Waals surface area contributed by atoms with Crippen molar-refractivity contribution in [3.8, 4) is 11.3 Å². The monoisotopic (exact) mass is 433 g/mol. The summed E-state index contributed by atoms with van der Waals surface area (Å²) in [5, 5.41) is 10.7. The summed E-state index contributed by atoms with van der Waals surface area (Å²) in [5.74, 6) is 0.614. The van der Waals surface area contributed by atoms with Gasteiger partial charge in [0.2, 0.25) is 5.91 Å². The molecule has 4 N–H and O–H groups in total. The summed E-state index contributed by atoms with van der Waals surface area (Å²) >= 11 is 0. The third kappa shape index (κ3) is 4.89. The van der Waals surface area contributed by atoms with Gasteiger partial charge < -0.3 is 15.8 Å². The van der Waals surface area contributed by atoms with Crippen LogP contribution in [0, 0.1) is 11.3 Å². The molecule has 32 heavy (non-hydrogen) atoms. The molecule has 1 amide bonds. The van der Waals surface area contributed by atoms with Crippen molar-refractivity contribution in [3.63, 3.8) is 0 Å². The number of nitrogens with one attached hydrogen (secondary N) is 2. The molecule has 0 spiro atoms. The number of nitrogens with two attached hydrogens (primary N) is 1. The number of amides is 1. The first-order valence-electron chi connectivity index (χ1n) is 11.1. The van der Waals surface area contributed by atoms with Crippen molar-refractivity contribution in [2.75, 3.05) is 6.73 Å². The molecule has 1 saturated carbocycles. The lowest BCUT2D eigenvalue weighted by Gasteiger charge is -2.51. The molecule has 0 bridgehead atoms. The van der Waals surface area contributed by atoms with E-state index in [-0.39, 0.29) is 24.0 Å². The highest BCUT2D eigenvalue weighted by atomic mass is 16.5. The van der Waals surface area contributed by atoms with Gasteiger partial charge in [-0.25, -0.2) is 0 Å². The fourth-order valence-electron chi connectivity index (χ4n) is 4.63. The zero-order valence-corrected chi connectivity index (χ0v) is 18.6. The molecule has 7 nitrogen and oxygen atoms in total. The molecule has 7 heteroatoms. The van der Waals surface area contributed by atoms with Crippen LogP contribution in [-0.2, 0) is 16.0 Å². The Bertz CT molecular complexity index is 1020. The Morgan fingerprint density at radius 3 is 2.78 bits per heavy atom. The molecule has 1 aliphatic rings. The Morgan fingerprint density at radius 2 is 2.09 bits per heavy atom. The minimum atomic E-state index is -0.427. The van der Waals surface area contributed by atoms with Crippen molar-refractivity contribution < 1.29 is 9.53 Å². The van der Waals surface area contributed by atoms with Gasteiger partial charge in [0.25, 0.3) is 0 Å². The maximum atomic E-state index is 12.8. The predicted octanol–water partition coefficient (Wildman–Crippen LogP) is 3.61. The van der Waals surface area contributed by atoms with Crippen molar-refractivity contribution in [1.29, 1.82) is 0 Å². The van der Waals surface area contributed by atoms with E-state index in [1.165, 1.54) is 0 Å². The summed E-state index contributed by atoms with van der Waals surface area (Å²) < 4.78 is 5.56. The molecule has 0 aliphatic heterocycles. The number of rotatable bonds is 9. The van der Waals surface area contributed by atoms with Gasteiger partial charge in [0, 0.05) is 42.4 Å². The largest absolute Gasteiger partial charge is 0.343 e. The maximum absolute atomic E-state index is 12.8. The van der Waals surface area contributed by atoms with E-state index in [4.69, 9.17) is 10.5 Å². The van der Waals surface area contributed by atoms with Crippen LogP contribution < -0.4 is 11.1 Å². The molecule has 2 heterocycles. The van der Waals surface area contributed by atoms with Gasteiger partial charge in [-0.3, -0.25) is 14.9 Å². The zero-order chi connectivity index (χ0) is 22.6. The molecule has 3 aromatic rings. The normalized spacial score (nSPS) is 20.3. The van der Waals surface area contributed by atoms with Gasteiger partial charge in [0.05, 0.1) is 12.4 Å². The Hall–Kier alpha value is -3.03. The number of carbonyl (C=O) groups is 1. The van der Waals surface area contributed by atoms with Gasteiger partial charge >= 0.3 is 0 Å². The van der Waals surface area contributed by atoms with E-state index in [2.05, 4.69) is 40.4 Å². The van der Waals surface area contributed by atoms with Gasteiger partial charge in [0.1, 0.15) is 6.23 Å². The van der Waals surface area contributed by atoms with Gasteiger partial charge in [0.15, 0.2) is 0 Å². The lowest BCUT2D eigenvalue weighted by atomic mass is 9.53. The van der Waals surface area contributed by atoms with Crippen LogP contribution in [0.25, 0.3) is 11.3 Å². The van der Waals surface area contributed by atoms with Crippen molar-refractivity contribution in [1.82, 2.24) is 20.5 Å². The number of hydrogen-bond acceptors (Lipinski definition) is 5. The van der Waals surface area contributed by atoms with Gasteiger partial charge in [-0.15, -0.1) is 0 Å². The molecular formula is C25H31N5O2. The molecular weight excluding hydrogens is 402 g/mol. The van der Waals surface area contributed by atoms with Crippen LogP contribution in [0.2, 0.25) is 0 Å². The summed E-state index contributed by atoms with van der Waals surface area (Å²) in [7, 11) is 0. The number of carbonyl (C=O) groups excluding carboxylic acids is 1. The van der Waals surface area contributed by atoms with E-state index in [1.807, 2.05) is 48.7 Å². The first kappa shape index (κ1) is 22.2. The van der Waals surface area contributed by atoms with Crippen molar-refractivity contribution in [2.45, 2.75) is 45.3 Å². The lowest BCUT2D eigenvalue weighted by Crippen LogP contribution is -2.47. The third-order valence-electron chi connectivity index (χ3n) is 6.72. The molecule has 1 aliphatic carbocycles. The number of H-pyrrole nitrogens is 1. The zero-order valence-electron chi connectivity index (χ0n) is 18.6. The Morgan fingerprint density at radius 1 is 1.28 bits per heavy atom. The molecule has 4 rings (SSSR count). The number of ether oxygens (including phenoxy) is 1. The fraction of sp³-hybridized carbons (Fsp3) is 0.400. The molecule has 3 atom stereocenters. The average molecular weight is 434 g/mol. The van der Waals surface area contributed by atoms with E-state index < -0.39 is 6.23 Å². The topological polar surface area (TPSA) is 106 Å². The van der Waals surface area contributed by atoms with E-state index in [9.17, 15) is 4.79 Å². The van der Waals surface area contributed by atoms with Crippen molar-refractivity contribution in [3.05, 3.63) is 72.2 Å². The standard InChI is InChI=1S/C25H31N5O2/c1-25(2)19(12-20(25)22-14-21(29-30-22)18-9-6-10-27-15-18)13-23(31)28-24(32-16-26)11-17-7-4-3-5-8-17/h3-10,14-15,19-20,24H,11-13,16,26H2,1-2H3,(H,28,31)(H,29,30). The minimum absolute atomic E-state index is 0.00318. The van der Waals surface area contributed by atoms with E-state index in [0.717, 1.165) is 28.9 Å². The molecule has 0 saturated heterocycles. The number of aromatic amines is 1. The lowest BCUT2D eigenvalue weighted by molar-refractivity contribution is -0.129. The number of aromatic nitrogens is 3. The molecule has 1 fully saturated rings. The van der Waals surface area contributed by atoms with Crippen molar-refractivity contribution >= 4 is 5.91 Å². The van der Waals surface area contributed by atoms with Crippen LogP contribution in [0.15, 0.2) is 60.9 Å². The Kier molecular flexibility index (Phi) is 6.67. The van der Waals surface area contributed by atoms with Gasteiger partial charge in [-0.05, 0) is 41.5 Å². The predicted molar refractivity (Wildman–Crippen MR) is 123 cm³/mol. The summed E-state index contributed by atoms with van der Waals surface area (Å²) in [4.78, 5) is 17.0. The molecule has 0 radical (unpaired) electrons. The van der Waals surface area contributed by atoms with Crippen LogP contribution >= 0.6 is 0 Å². The summed E-state index contributed by atoms with van der Waals surface area (Å²) in [5.41, 5.74) is 9.66. The SMILES string of the molecule is CC1(C)C(CC(=O)NC(Cc2ccccc2)OCN)CC1c1cc(-c2cccnc2)n[nH]1. The molecule has 1 aromatic carbocycles. The van der Waals surface area contributed by atoms with Crippen LogP contribution in [0.3, 0.4) is 0 Å². The first-order valence-corrected chi connectivity index (χ1v) is 11.1. The smallest absolute Gasteiger partial charge is 0.222 e. The summed E-state index contributed by atoms with van der Waals surface area (Å²) in [6.07, 6.45) is 5.14. The van der Waals surface area contributed by atoms with E-state index >= 15 is 0 Å². The number of benzene rings is 1. The highest BCUT2D eigenvalue weighted by Crippen LogP contribution is 2.57. The second-order valence-electron chi connectivity index (χ2n) is 9.04. The highest BCUT2D eigenvalue weighted by molar-refractivity contribution is 5.76. The molecule has 168 valence electrons. The third-order valence-corrected chi connectivity index (χ3v) is 6.72. The fourth-order valence-corrected chi connectivity index (χ4v) is 4.63. The number of pyridine rings is 1. The highest BCUT2D eigenvalue weighted by Gasteiger charge is 2.50. The first-order chi connectivity index (χ1) is 15.5. The summed E-state index contributed by atoms with van der Waals surface area (Å²) in [6, 6.07) is 16.0. The van der Waals surface area contributed by atoms with Crippen LogP contribution in [-0.4, -0.2) is 34.0 Å². The van der Waals surface area contributed by atoms with Crippen LogP contribution in [0.5, 0.6) is 0 Å².